The van der Waals surface area contributed by atoms with Crippen molar-refractivity contribution in [2.24, 2.45) is 0 Å². The Balaban J connectivity index is 2.35. The quantitative estimate of drug-likeness (QED) is 0.531. The van der Waals surface area contributed by atoms with Crippen LogP contribution in [0.25, 0.3) is 0 Å². The number of alkyl halides is 3. The first kappa shape index (κ1) is 14.4. The number of nitrogens with zero attached hydrogens (tertiary/aromatic N) is 2. The normalized spacial score (nSPS) is 16.4. The van der Waals surface area contributed by atoms with Gasteiger partial charge in [0.15, 0.2) is 0 Å². The van der Waals surface area contributed by atoms with Crippen molar-refractivity contribution in [3.05, 3.63) is 53.6 Å². The van der Waals surface area contributed by atoms with Gasteiger partial charge in [-0.2, -0.15) is 13.2 Å². The van der Waals surface area contributed by atoms with Crippen LogP contribution in [-0.2, 0) is 0 Å². The van der Waals surface area contributed by atoms with Gasteiger partial charge in [0.25, 0.3) is 0 Å². The summed E-state index contributed by atoms with van der Waals surface area (Å²) in [6, 6.07) is 7.39. The molecule has 0 bridgehead atoms. The van der Waals surface area contributed by atoms with Gasteiger partial charge in [0.1, 0.15) is 11.7 Å². The second-order valence-corrected chi connectivity index (χ2v) is 4.81. The number of benzene rings is 1. The van der Waals surface area contributed by atoms with Gasteiger partial charge in [0.05, 0.1) is 17.6 Å². The van der Waals surface area contributed by atoms with E-state index in [1.807, 2.05) is 0 Å². The van der Waals surface area contributed by atoms with E-state index in [0.717, 1.165) is 12.1 Å². The molecule has 22 heavy (non-hydrogen) atoms. The van der Waals surface area contributed by atoms with Crippen LogP contribution >= 0.6 is 0 Å². The fourth-order valence-electron chi connectivity index (χ4n) is 2.67. The van der Waals surface area contributed by atoms with Gasteiger partial charge in [-0.1, -0.05) is 5.92 Å². The zero-order valence-electron chi connectivity index (χ0n) is 11.4. The summed E-state index contributed by atoms with van der Waals surface area (Å²) in [5.74, 6) is 0.0504. The molecule has 2 heterocycles. The average Bonchev–Trinajstić information content (AvgIpc) is 2.45. The molecule has 3 rings (SSSR count). The summed E-state index contributed by atoms with van der Waals surface area (Å²) in [5, 5.41) is 0. The van der Waals surface area contributed by atoms with E-state index in [1.54, 1.807) is 6.92 Å². The van der Waals surface area contributed by atoms with Gasteiger partial charge in [-0.15, -0.1) is 0 Å². The Morgan fingerprint density at radius 2 is 1.91 bits per heavy atom. The van der Waals surface area contributed by atoms with Gasteiger partial charge in [0, 0.05) is 12.2 Å². The monoisotopic (exact) mass is 306 g/mol. The summed E-state index contributed by atoms with van der Waals surface area (Å²) in [7, 11) is 0. The van der Waals surface area contributed by atoms with Crippen molar-refractivity contribution in [3.63, 3.8) is 0 Å². The van der Waals surface area contributed by atoms with Crippen molar-refractivity contribution in [1.29, 1.82) is 0 Å². The molecule has 112 valence electrons. The number of rotatable bonds is 0. The van der Waals surface area contributed by atoms with Gasteiger partial charge >= 0.3 is 6.18 Å². The van der Waals surface area contributed by atoms with Gasteiger partial charge in [-0.3, -0.25) is 9.88 Å². The fourth-order valence-corrected chi connectivity index (χ4v) is 2.67. The van der Waals surface area contributed by atoms with E-state index in [1.165, 1.54) is 29.4 Å². The maximum absolute atomic E-state index is 13.5. The van der Waals surface area contributed by atoms with Gasteiger partial charge < -0.3 is 0 Å². The molecule has 1 atom stereocenters. The van der Waals surface area contributed by atoms with Crippen LogP contribution in [0.4, 0.5) is 28.9 Å². The molecule has 0 saturated carbocycles. The van der Waals surface area contributed by atoms with Crippen LogP contribution in [0.5, 0.6) is 0 Å². The summed E-state index contributed by atoms with van der Waals surface area (Å²) >= 11 is 0. The highest BCUT2D eigenvalue weighted by atomic mass is 19.4. The topological polar surface area (TPSA) is 16.1 Å². The highest BCUT2D eigenvalue weighted by Gasteiger charge is 2.47. The van der Waals surface area contributed by atoms with Crippen molar-refractivity contribution < 1.29 is 17.6 Å². The van der Waals surface area contributed by atoms with Gasteiger partial charge in [-0.05, 0) is 42.3 Å². The van der Waals surface area contributed by atoms with E-state index in [9.17, 15) is 17.6 Å². The first-order chi connectivity index (χ1) is 10.4. The number of anilines is 2. The summed E-state index contributed by atoms with van der Waals surface area (Å²) in [6.45, 7) is 1.58. The minimum absolute atomic E-state index is 0.0170. The molecule has 1 aliphatic rings. The first-order valence-corrected chi connectivity index (χ1v) is 6.46. The zero-order chi connectivity index (χ0) is 15.9. The standard InChI is InChI=1S/C16H10F4N2/c1-2-7-22-13-4-3-10(17)8-12(13)15(16(18,19)20)11-5-6-21-9-14(11)22/h3-6,8-9,15H,1H3. The summed E-state index contributed by atoms with van der Waals surface area (Å²) < 4.78 is 54.1. The zero-order valence-corrected chi connectivity index (χ0v) is 11.4. The van der Waals surface area contributed by atoms with E-state index in [2.05, 4.69) is 16.9 Å². The number of pyridine rings is 1. The SMILES string of the molecule is CC#CN1c2ccc(F)cc2C(C(F)(F)F)c2ccncc21. The average molecular weight is 306 g/mol. The van der Waals surface area contributed by atoms with Gasteiger partial charge in [-0.25, -0.2) is 4.39 Å². The molecule has 0 fully saturated rings. The van der Waals surface area contributed by atoms with Crippen LogP contribution in [0.1, 0.15) is 24.0 Å². The van der Waals surface area contributed by atoms with E-state index >= 15 is 0 Å². The number of halogens is 4. The Bertz CT molecular complexity index is 787. The van der Waals surface area contributed by atoms with Crippen LogP contribution in [0.15, 0.2) is 36.7 Å². The largest absolute Gasteiger partial charge is 0.399 e. The molecule has 0 radical (unpaired) electrons. The van der Waals surface area contributed by atoms with Crippen molar-refractivity contribution in [2.75, 3.05) is 4.90 Å². The molecule has 1 aromatic carbocycles. The van der Waals surface area contributed by atoms with E-state index in [4.69, 9.17) is 0 Å². The smallest absolute Gasteiger partial charge is 0.268 e. The Morgan fingerprint density at radius 3 is 2.59 bits per heavy atom. The van der Waals surface area contributed by atoms with Crippen molar-refractivity contribution >= 4 is 11.4 Å². The number of hydrogen-bond donors (Lipinski definition) is 0. The van der Waals surface area contributed by atoms with E-state index < -0.39 is 17.9 Å². The minimum atomic E-state index is -4.54. The van der Waals surface area contributed by atoms with Crippen LogP contribution in [0.3, 0.4) is 0 Å². The van der Waals surface area contributed by atoms with Crippen molar-refractivity contribution in [1.82, 2.24) is 4.98 Å². The Kier molecular flexibility index (Phi) is 3.28. The predicted octanol–water partition coefficient (Wildman–Crippen LogP) is 4.35. The molecule has 0 aliphatic carbocycles. The molecule has 0 spiro atoms. The lowest BCUT2D eigenvalue weighted by Gasteiger charge is -2.34. The maximum atomic E-state index is 13.5. The molecule has 6 heteroatoms. The third kappa shape index (κ3) is 2.19. The third-order valence-corrected chi connectivity index (χ3v) is 3.48. The van der Waals surface area contributed by atoms with Gasteiger partial charge in [0.2, 0.25) is 0 Å². The molecular formula is C16H10F4N2. The third-order valence-electron chi connectivity index (χ3n) is 3.48. The Hall–Kier alpha value is -2.55. The number of fused-ring (bicyclic) bond motifs is 2. The molecule has 2 nitrogen and oxygen atoms in total. The predicted molar refractivity (Wildman–Crippen MR) is 74.1 cm³/mol. The lowest BCUT2D eigenvalue weighted by molar-refractivity contribution is -0.141. The summed E-state index contributed by atoms with van der Waals surface area (Å²) in [5.41, 5.74) is 0.356. The summed E-state index contributed by atoms with van der Waals surface area (Å²) in [6.07, 6.45) is -1.91. The molecular weight excluding hydrogens is 296 g/mol. The number of aromatic nitrogens is 1. The molecule has 1 unspecified atom stereocenters. The molecule has 1 aliphatic heterocycles. The van der Waals surface area contributed by atoms with Crippen LogP contribution in [0.2, 0.25) is 0 Å². The second kappa shape index (κ2) is 5.02. The Morgan fingerprint density at radius 1 is 1.14 bits per heavy atom. The maximum Gasteiger partial charge on any atom is 0.399 e. The second-order valence-electron chi connectivity index (χ2n) is 4.81. The van der Waals surface area contributed by atoms with Crippen LogP contribution in [-0.4, -0.2) is 11.2 Å². The molecule has 0 N–H and O–H groups in total. The van der Waals surface area contributed by atoms with Crippen LogP contribution in [0, 0.1) is 17.8 Å². The summed E-state index contributed by atoms with van der Waals surface area (Å²) in [4.78, 5) is 5.30. The molecule has 1 aromatic heterocycles. The number of hydrogen-bond acceptors (Lipinski definition) is 2. The Labute approximate surface area is 124 Å². The highest BCUT2D eigenvalue weighted by Crippen LogP contribution is 2.51. The molecule has 0 amide bonds. The van der Waals surface area contributed by atoms with E-state index in [-0.39, 0.29) is 22.5 Å². The fraction of sp³-hybridized carbons (Fsp3) is 0.188. The molecule has 2 aromatic rings. The molecule has 0 saturated heterocycles. The highest BCUT2D eigenvalue weighted by molar-refractivity contribution is 5.79. The van der Waals surface area contributed by atoms with E-state index in [0.29, 0.717) is 0 Å². The van der Waals surface area contributed by atoms with Crippen molar-refractivity contribution in [3.8, 4) is 12.0 Å². The lowest BCUT2D eigenvalue weighted by Crippen LogP contribution is -2.30. The minimum Gasteiger partial charge on any atom is -0.268 e. The van der Waals surface area contributed by atoms with Crippen molar-refractivity contribution in [2.45, 2.75) is 19.0 Å². The van der Waals surface area contributed by atoms with Crippen LogP contribution < -0.4 is 4.90 Å². The lowest BCUT2D eigenvalue weighted by atomic mass is 9.85. The first-order valence-electron chi connectivity index (χ1n) is 6.46.